The van der Waals surface area contributed by atoms with Gasteiger partial charge in [0.05, 0.1) is 7.11 Å². The largest absolute Gasteiger partial charge is 0.467 e. The Balaban J connectivity index is 1.76. The quantitative estimate of drug-likeness (QED) is 0.619. The summed E-state index contributed by atoms with van der Waals surface area (Å²) < 4.78 is 4.76. The van der Waals surface area contributed by atoms with E-state index in [9.17, 15) is 14.4 Å². The van der Waals surface area contributed by atoms with Crippen LogP contribution in [0.3, 0.4) is 0 Å². The van der Waals surface area contributed by atoms with Crippen LogP contribution in [-0.2, 0) is 9.53 Å². The number of hydrogen-bond acceptors (Lipinski definition) is 7. The number of methoxy groups -OCH3 is 1. The standard InChI is InChI=1S/C19H16N4O4S/c1-27-18(26)14(20-15(24)12-8-4-2-5-9-12)17-22-23-19(28-17)21-16(25)13-10-6-3-7-11-13/h2-11,14H,1H3,(H,20,24)(H,21,23,25)/t14-/m0/s1. The van der Waals surface area contributed by atoms with Crippen LogP contribution < -0.4 is 10.6 Å². The second kappa shape index (κ2) is 8.87. The molecular formula is C19H16N4O4S. The van der Waals surface area contributed by atoms with Gasteiger partial charge < -0.3 is 10.1 Å². The molecule has 0 radical (unpaired) electrons. The fourth-order valence-corrected chi connectivity index (χ4v) is 3.08. The lowest BCUT2D eigenvalue weighted by molar-refractivity contribution is -0.143. The molecule has 0 spiro atoms. The number of aromatic nitrogens is 2. The minimum atomic E-state index is -1.14. The number of nitrogens with one attached hydrogen (secondary N) is 2. The van der Waals surface area contributed by atoms with Crippen molar-refractivity contribution >= 4 is 34.3 Å². The predicted octanol–water partition coefficient (Wildman–Crippen LogP) is 2.43. The lowest BCUT2D eigenvalue weighted by Crippen LogP contribution is -2.34. The molecular weight excluding hydrogens is 380 g/mol. The molecule has 28 heavy (non-hydrogen) atoms. The molecule has 0 aliphatic heterocycles. The first kappa shape index (κ1) is 19.2. The molecule has 0 unspecified atom stereocenters. The van der Waals surface area contributed by atoms with E-state index in [1.807, 2.05) is 0 Å². The molecule has 1 atom stereocenters. The van der Waals surface area contributed by atoms with Crippen LogP contribution in [0.4, 0.5) is 5.13 Å². The number of benzene rings is 2. The van der Waals surface area contributed by atoms with E-state index in [0.29, 0.717) is 11.1 Å². The molecule has 3 rings (SSSR count). The second-order valence-electron chi connectivity index (χ2n) is 5.56. The maximum Gasteiger partial charge on any atom is 0.335 e. The van der Waals surface area contributed by atoms with Gasteiger partial charge in [0.1, 0.15) is 0 Å². The number of carbonyl (C=O) groups is 3. The van der Waals surface area contributed by atoms with Gasteiger partial charge in [-0.25, -0.2) is 4.79 Å². The molecule has 0 bridgehead atoms. The van der Waals surface area contributed by atoms with Crippen molar-refractivity contribution < 1.29 is 19.1 Å². The summed E-state index contributed by atoms with van der Waals surface area (Å²) in [6.45, 7) is 0. The van der Waals surface area contributed by atoms with Crippen LogP contribution in [0.2, 0.25) is 0 Å². The molecule has 0 fully saturated rings. The van der Waals surface area contributed by atoms with E-state index in [1.54, 1.807) is 60.7 Å². The van der Waals surface area contributed by atoms with Crippen LogP contribution in [0, 0.1) is 0 Å². The summed E-state index contributed by atoms with van der Waals surface area (Å²) in [4.78, 5) is 36.7. The van der Waals surface area contributed by atoms with Crippen molar-refractivity contribution in [3.05, 3.63) is 76.8 Å². The number of ether oxygens (including phenoxy) is 1. The van der Waals surface area contributed by atoms with Crippen LogP contribution in [0.1, 0.15) is 31.8 Å². The average molecular weight is 396 g/mol. The van der Waals surface area contributed by atoms with Crippen LogP contribution in [0.25, 0.3) is 0 Å². The van der Waals surface area contributed by atoms with Crippen molar-refractivity contribution in [3.8, 4) is 0 Å². The van der Waals surface area contributed by atoms with Crippen molar-refractivity contribution in [1.29, 1.82) is 0 Å². The molecule has 0 saturated heterocycles. The highest BCUT2D eigenvalue weighted by molar-refractivity contribution is 7.15. The normalized spacial score (nSPS) is 11.3. The molecule has 2 aromatic carbocycles. The van der Waals surface area contributed by atoms with Gasteiger partial charge in [0.15, 0.2) is 11.0 Å². The Bertz CT molecular complexity index is 976. The number of rotatable bonds is 6. The van der Waals surface area contributed by atoms with Crippen molar-refractivity contribution in [2.45, 2.75) is 6.04 Å². The smallest absolute Gasteiger partial charge is 0.335 e. The Hall–Kier alpha value is -3.59. The zero-order valence-electron chi connectivity index (χ0n) is 14.8. The summed E-state index contributed by atoms with van der Waals surface area (Å²) in [5.41, 5.74) is 0.847. The van der Waals surface area contributed by atoms with Gasteiger partial charge in [0.25, 0.3) is 11.8 Å². The predicted molar refractivity (Wildman–Crippen MR) is 103 cm³/mol. The molecule has 8 nitrogen and oxygen atoms in total. The third kappa shape index (κ3) is 4.57. The van der Waals surface area contributed by atoms with Gasteiger partial charge in [0.2, 0.25) is 5.13 Å². The van der Waals surface area contributed by atoms with Crippen molar-refractivity contribution in [1.82, 2.24) is 15.5 Å². The summed E-state index contributed by atoms with van der Waals surface area (Å²) in [6, 6.07) is 15.9. The fourth-order valence-electron chi connectivity index (χ4n) is 2.30. The molecule has 2 N–H and O–H groups in total. The highest BCUT2D eigenvalue weighted by Crippen LogP contribution is 2.23. The fraction of sp³-hybridized carbons (Fsp3) is 0.105. The van der Waals surface area contributed by atoms with E-state index in [0.717, 1.165) is 11.3 Å². The average Bonchev–Trinajstić information content (AvgIpc) is 3.20. The maximum atomic E-state index is 12.4. The van der Waals surface area contributed by atoms with Crippen molar-refractivity contribution in [2.75, 3.05) is 12.4 Å². The third-order valence-corrected chi connectivity index (χ3v) is 4.60. The van der Waals surface area contributed by atoms with E-state index in [-0.39, 0.29) is 16.0 Å². The Labute approximate surface area is 164 Å². The number of hydrogen-bond donors (Lipinski definition) is 2. The molecule has 142 valence electrons. The highest BCUT2D eigenvalue weighted by atomic mass is 32.1. The lowest BCUT2D eigenvalue weighted by Gasteiger charge is -2.13. The van der Waals surface area contributed by atoms with E-state index >= 15 is 0 Å². The van der Waals surface area contributed by atoms with E-state index in [2.05, 4.69) is 20.8 Å². The molecule has 2 amide bonds. The maximum absolute atomic E-state index is 12.4. The van der Waals surface area contributed by atoms with Gasteiger partial charge in [-0.15, -0.1) is 10.2 Å². The minimum Gasteiger partial charge on any atom is -0.467 e. The summed E-state index contributed by atoms with van der Waals surface area (Å²) in [5.74, 6) is -1.51. The van der Waals surface area contributed by atoms with E-state index in [4.69, 9.17) is 4.74 Å². The van der Waals surface area contributed by atoms with Crippen LogP contribution in [0.5, 0.6) is 0 Å². The van der Waals surface area contributed by atoms with Crippen molar-refractivity contribution in [2.24, 2.45) is 0 Å². The Morgan fingerprint density at radius 2 is 1.46 bits per heavy atom. The second-order valence-corrected chi connectivity index (χ2v) is 6.57. The number of carbonyl (C=O) groups excluding carboxylic acids is 3. The summed E-state index contributed by atoms with van der Waals surface area (Å²) in [6.07, 6.45) is 0. The van der Waals surface area contributed by atoms with Crippen molar-refractivity contribution in [3.63, 3.8) is 0 Å². The van der Waals surface area contributed by atoms with E-state index in [1.165, 1.54) is 7.11 Å². The molecule has 0 aliphatic rings. The summed E-state index contributed by atoms with van der Waals surface area (Å²) >= 11 is 0.975. The molecule has 9 heteroatoms. The monoisotopic (exact) mass is 396 g/mol. The molecule has 1 aromatic heterocycles. The van der Waals surface area contributed by atoms with E-state index < -0.39 is 17.9 Å². The summed E-state index contributed by atoms with van der Waals surface area (Å²) in [7, 11) is 1.21. The topological polar surface area (TPSA) is 110 Å². The molecule has 3 aromatic rings. The number of anilines is 1. The van der Waals surface area contributed by atoms with Gasteiger partial charge in [-0.1, -0.05) is 47.7 Å². The van der Waals surface area contributed by atoms with Gasteiger partial charge >= 0.3 is 5.97 Å². The molecule has 1 heterocycles. The van der Waals surface area contributed by atoms with Gasteiger partial charge in [-0.3, -0.25) is 14.9 Å². The Kier molecular flexibility index (Phi) is 6.07. The first-order valence-electron chi connectivity index (χ1n) is 8.22. The zero-order valence-corrected chi connectivity index (χ0v) is 15.6. The Morgan fingerprint density at radius 1 is 0.893 bits per heavy atom. The van der Waals surface area contributed by atoms with Gasteiger partial charge in [0, 0.05) is 11.1 Å². The Morgan fingerprint density at radius 3 is 2.04 bits per heavy atom. The molecule has 0 saturated carbocycles. The van der Waals surface area contributed by atoms with Crippen LogP contribution in [-0.4, -0.2) is 35.1 Å². The number of amides is 2. The minimum absolute atomic E-state index is 0.194. The zero-order chi connectivity index (χ0) is 19.9. The third-order valence-electron chi connectivity index (χ3n) is 3.69. The number of esters is 1. The van der Waals surface area contributed by atoms with Gasteiger partial charge in [-0.2, -0.15) is 0 Å². The summed E-state index contributed by atoms with van der Waals surface area (Å²) in [5, 5.41) is 13.4. The lowest BCUT2D eigenvalue weighted by atomic mass is 10.2. The van der Waals surface area contributed by atoms with Crippen LogP contribution >= 0.6 is 11.3 Å². The number of nitrogens with zero attached hydrogens (tertiary/aromatic N) is 2. The van der Waals surface area contributed by atoms with Gasteiger partial charge in [-0.05, 0) is 24.3 Å². The van der Waals surface area contributed by atoms with Crippen LogP contribution in [0.15, 0.2) is 60.7 Å². The molecule has 0 aliphatic carbocycles. The highest BCUT2D eigenvalue weighted by Gasteiger charge is 2.28. The first-order valence-corrected chi connectivity index (χ1v) is 9.03. The SMILES string of the molecule is COC(=O)[C@@H](NC(=O)c1ccccc1)c1nnc(NC(=O)c2ccccc2)s1. The first-order chi connectivity index (χ1) is 13.6.